The van der Waals surface area contributed by atoms with Crippen LogP contribution in [0.4, 0.5) is 0 Å². The Hall–Kier alpha value is -1.63. The molecule has 0 radical (unpaired) electrons. The number of hydrogen-bond acceptors (Lipinski definition) is 1. The predicted octanol–water partition coefficient (Wildman–Crippen LogP) is 3.83. The molecule has 0 unspecified atom stereocenters. The van der Waals surface area contributed by atoms with Crippen molar-refractivity contribution < 1.29 is 0 Å². The van der Waals surface area contributed by atoms with Crippen LogP contribution < -0.4 is 0 Å². The van der Waals surface area contributed by atoms with Gasteiger partial charge in [-0.15, -0.1) is 0 Å². The average Bonchev–Trinajstić information content (AvgIpc) is 2.25. The zero-order valence-corrected chi connectivity index (χ0v) is 9.70. The monoisotopic (exact) mass is 209 g/mol. The lowest BCUT2D eigenvalue weighted by Crippen LogP contribution is -2.16. The molecule has 0 aliphatic heterocycles. The summed E-state index contributed by atoms with van der Waals surface area (Å²) in [5, 5.41) is 1.24. The van der Waals surface area contributed by atoms with E-state index in [4.69, 9.17) is 4.98 Å². The second-order valence-corrected chi connectivity index (χ2v) is 5.22. The van der Waals surface area contributed by atoms with Crippen LogP contribution in [0, 0.1) is 5.41 Å². The van der Waals surface area contributed by atoms with Gasteiger partial charge in [0.1, 0.15) is 0 Å². The third-order valence-electron chi connectivity index (χ3n) is 3.17. The van der Waals surface area contributed by atoms with Crippen LogP contribution in [-0.2, 0) is 6.42 Å². The minimum Gasteiger partial charge on any atom is -0.248 e. The van der Waals surface area contributed by atoms with Crippen LogP contribution in [0.3, 0.4) is 0 Å². The van der Waals surface area contributed by atoms with Crippen molar-refractivity contribution >= 4 is 17.0 Å². The van der Waals surface area contributed by atoms with Gasteiger partial charge < -0.3 is 0 Å². The number of benzene rings is 1. The molecule has 0 bridgehead atoms. The smallest absolute Gasteiger partial charge is 0.0709 e. The fourth-order valence-corrected chi connectivity index (χ4v) is 2.31. The first kappa shape index (κ1) is 9.59. The van der Waals surface area contributed by atoms with Gasteiger partial charge in [0, 0.05) is 5.39 Å². The summed E-state index contributed by atoms with van der Waals surface area (Å²) in [7, 11) is 0. The van der Waals surface area contributed by atoms with E-state index in [1.54, 1.807) is 0 Å². The number of rotatable bonds is 0. The lowest BCUT2D eigenvalue weighted by molar-refractivity contribution is 0.474. The number of para-hydroxylation sites is 1. The highest BCUT2D eigenvalue weighted by Gasteiger charge is 2.21. The molecule has 1 aromatic carbocycles. The van der Waals surface area contributed by atoms with Gasteiger partial charge in [-0.2, -0.15) is 0 Å². The molecule has 1 heterocycles. The van der Waals surface area contributed by atoms with E-state index in [2.05, 4.69) is 50.3 Å². The summed E-state index contributed by atoms with van der Waals surface area (Å²) in [6.07, 6.45) is 5.50. The van der Waals surface area contributed by atoms with Gasteiger partial charge in [0.05, 0.1) is 11.2 Å². The maximum absolute atomic E-state index is 4.69. The van der Waals surface area contributed by atoms with Crippen molar-refractivity contribution in [1.29, 1.82) is 0 Å². The van der Waals surface area contributed by atoms with E-state index in [-0.39, 0.29) is 5.41 Å². The summed E-state index contributed by atoms with van der Waals surface area (Å²) < 4.78 is 0. The quantitative estimate of drug-likeness (QED) is 0.642. The fourth-order valence-electron chi connectivity index (χ4n) is 2.31. The van der Waals surface area contributed by atoms with Crippen molar-refractivity contribution in [1.82, 2.24) is 4.98 Å². The molecule has 80 valence electrons. The molecule has 2 aromatic rings. The van der Waals surface area contributed by atoms with Crippen LogP contribution in [0.5, 0.6) is 0 Å². The Morgan fingerprint density at radius 3 is 2.88 bits per heavy atom. The van der Waals surface area contributed by atoms with Crippen LogP contribution in [0.2, 0.25) is 0 Å². The highest BCUT2D eigenvalue weighted by molar-refractivity contribution is 5.81. The molecule has 16 heavy (non-hydrogen) atoms. The van der Waals surface area contributed by atoms with Crippen molar-refractivity contribution in [2.45, 2.75) is 20.3 Å². The van der Waals surface area contributed by atoms with Gasteiger partial charge in [0.15, 0.2) is 0 Å². The molecule has 1 aliphatic rings. The summed E-state index contributed by atoms with van der Waals surface area (Å²) in [6, 6.07) is 10.6. The standard InChI is InChI=1S/C15H15N/c1-15(2)8-7-14-12(10-15)9-11-5-3-4-6-13(11)16-14/h3-9H,10H2,1-2H3. The first-order valence-electron chi connectivity index (χ1n) is 5.72. The highest BCUT2D eigenvalue weighted by Crippen LogP contribution is 2.32. The second kappa shape index (κ2) is 3.18. The Labute approximate surface area is 95.8 Å². The molecule has 0 amide bonds. The zero-order chi connectivity index (χ0) is 11.2. The summed E-state index contributed by atoms with van der Waals surface area (Å²) in [5.41, 5.74) is 3.85. The number of fused-ring (bicyclic) bond motifs is 2. The van der Waals surface area contributed by atoms with E-state index in [0.29, 0.717) is 0 Å². The Balaban J connectivity index is 2.24. The van der Waals surface area contributed by atoms with Crippen LogP contribution in [0.15, 0.2) is 36.4 Å². The van der Waals surface area contributed by atoms with Crippen LogP contribution in [-0.4, -0.2) is 4.98 Å². The number of aromatic nitrogens is 1. The minimum absolute atomic E-state index is 0.261. The molecular weight excluding hydrogens is 194 g/mol. The third-order valence-corrected chi connectivity index (χ3v) is 3.17. The molecule has 0 saturated heterocycles. The Bertz CT molecular complexity index is 579. The molecule has 0 fully saturated rings. The van der Waals surface area contributed by atoms with Gasteiger partial charge in [0.25, 0.3) is 0 Å². The number of nitrogens with zero attached hydrogens (tertiary/aromatic N) is 1. The Morgan fingerprint density at radius 1 is 1.19 bits per heavy atom. The summed E-state index contributed by atoms with van der Waals surface area (Å²) in [5.74, 6) is 0. The van der Waals surface area contributed by atoms with Crippen molar-refractivity contribution in [3.63, 3.8) is 0 Å². The van der Waals surface area contributed by atoms with E-state index < -0.39 is 0 Å². The largest absolute Gasteiger partial charge is 0.248 e. The maximum atomic E-state index is 4.69. The van der Waals surface area contributed by atoms with Gasteiger partial charge in [0.2, 0.25) is 0 Å². The fraction of sp³-hybridized carbons (Fsp3) is 0.267. The van der Waals surface area contributed by atoms with Gasteiger partial charge in [-0.1, -0.05) is 38.1 Å². The van der Waals surface area contributed by atoms with Gasteiger partial charge in [-0.25, -0.2) is 4.98 Å². The number of pyridine rings is 1. The van der Waals surface area contributed by atoms with Crippen LogP contribution in [0.25, 0.3) is 17.0 Å². The molecule has 0 N–H and O–H groups in total. The molecular formula is C15H15N. The third kappa shape index (κ3) is 1.53. The maximum Gasteiger partial charge on any atom is 0.0709 e. The Kier molecular flexibility index (Phi) is 1.90. The van der Waals surface area contributed by atoms with Crippen molar-refractivity contribution in [3.8, 4) is 0 Å². The molecule has 1 aliphatic carbocycles. The summed E-state index contributed by atoms with van der Waals surface area (Å²) >= 11 is 0. The molecule has 0 atom stereocenters. The molecule has 0 saturated carbocycles. The van der Waals surface area contributed by atoms with Crippen molar-refractivity contribution in [3.05, 3.63) is 47.7 Å². The van der Waals surface area contributed by atoms with Gasteiger partial charge >= 0.3 is 0 Å². The molecule has 1 nitrogen and oxygen atoms in total. The van der Waals surface area contributed by atoms with E-state index >= 15 is 0 Å². The zero-order valence-electron chi connectivity index (χ0n) is 9.70. The van der Waals surface area contributed by atoms with E-state index in [1.165, 1.54) is 10.9 Å². The molecule has 0 spiro atoms. The summed E-state index contributed by atoms with van der Waals surface area (Å²) in [6.45, 7) is 4.53. The predicted molar refractivity (Wildman–Crippen MR) is 68.3 cm³/mol. The van der Waals surface area contributed by atoms with Gasteiger partial charge in [-0.05, 0) is 35.6 Å². The Morgan fingerprint density at radius 2 is 2.00 bits per heavy atom. The molecule has 3 rings (SSSR count). The topological polar surface area (TPSA) is 12.9 Å². The lowest BCUT2D eigenvalue weighted by atomic mass is 9.81. The van der Waals surface area contributed by atoms with Crippen LogP contribution >= 0.6 is 0 Å². The average molecular weight is 209 g/mol. The normalized spacial score (nSPS) is 17.4. The lowest BCUT2D eigenvalue weighted by Gasteiger charge is -2.25. The van der Waals surface area contributed by atoms with Crippen molar-refractivity contribution in [2.24, 2.45) is 5.41 Å². The second-order valence-electron chi connectivity index (χ2n) is 5.22. The molecule has 1 aromatic heterocycles. The van der Waals surface area contributed by atoms with Gasteiger partial charge in [-0.3, -0.25) is 0 Å². The van der Waals surface area contributed by atoms with E-state index in [1.807, 2.05) is 6.07 Å². The summed E-state index contributed by atoms with van der Waals surface area (Å²) in [4.78, 5) is 4.69. The number of hydrogen-bond donors (Lipinski definition) is 0. The highest BCUT2D eigenvalue weighted by atomic mass is 14.7. The number of allylic oxidation sites excluding steroid dienone is 1. The SMILES string of the molecule is CC1(C)C=Cc2nc3ccccc3cc2C1. The first-order valence-corrected chi connectivity index (χ1v) is 5.72. The van der Waals surface area contributed by atoms with Crippen LogP contribution in [0.1, 0.15) is 25.1 Å². The van der Waals surface area contributed by atoms with E-state index in [0.717, 1.165) is 17.6 Å². The molecule has 1 heteroatoms. The van der Waals surface area contributed by atoms with E-state index in [9.17, 15) is 0 Å². The van der Waals surface area contributed by atoms with Crippen molar-refractivity contribution in [2.75, 3.05) is 0 Å². The minimum atomic E-state index is 0.261. The first-order chi connectivity index (χ1) is 7.64.